The third-order valence-corrected chi connectivity index (χ3v) is 16.4. The summed E-state index contributed by atoms with van der Waals surface area (Å²) in [4.78, 5) is 74.9. The molecule has 0 spiro atoms. The average Bonchev–Trinajstić information content (AvgIpc) is 1.53. The number of carbonyl (C=O) groups is 4. The van der Waals surface area contributed by atoms with Gasteiger partial charge in [-0.3, -0.25) is 19.2 Å². The largest absolute Gasteiger partial charge is 0.508 e. The van der Waals surface area contributed by atoms with E-state index in [-0.39, 0.29) is 122 Å². The summed E-state index contributed by atoms with van der Waals surface area (Å²) in [5, 5.41) is 33.5. The summed E-state index contributed by atoms with van der Waals surface area (Å²) in [5.74, 6) is -1.25. The minimum absolute atomic E-state index is 0.00384. The fraction of sp³-hybridized carbons (Fsp3) is 0.433. The molecule has 0 radical (unpaired) electrons. The molecule has 2 saturated heterocycles. The van der Waals surface area contributed by atoms with E-state index in [9.17, 15) is 29.4 Å². The summed E-state index contributed by atoms with van der Waals surface area (Å²) in [5.41, 5.74) is 4.90. The van der Waals surface area contributed by atoms with E-state index in [0.717, 1.165) is 21.7 Å². The Morgan fingerprint density at radius 1 is 0.952 bits per heavy atom. The van der Waals surface area contributed by atoms with Crippen molar-refractivity contribution in [2.45, 2.75) is 71.6 Å². The fourth-order valence-electron chi connectivity index (χ4n) is 10.7. The first-order chi connectivity index (χ1) is 40.4. The highest BCUT2D eigenvalue weighted by molar-refractivity contribution is 7.13. The molecule has 21 nitrogen and oxygen atoms in total. The molecule has 84 heavy (non-hydrogen) atoms. The van der Waals surface area contributed by atoms with E-state index in [4.69, 9.17) is 40.1 Å². The van der Waals surface area contributed by atoms with Crippen LogP contribution in [0.4, 0.5) is 16.2 Å². The van der Waals surface area contributed by atoms with Crippen molar-refractivity contribution in [1.82, 2.24) is 40.1 Å². The van der Waals surface area contributed by atoms with Gasteiger partial charge in [0, 0.05) is 95.2 Å². The van der Waals surface area contributed by atoms with Crippen LogP contribution in [0.5, 0.6) is 17.4 Å². The normalized spacial score (nSPS) is 16.1. The molecule has 2 fully saturated rings. The van der Waals surface area contributed by atoms with E-state index in [1.165, 1.54) is 29.2 Å². The summed E-state index contributed by atoms with van der Waals surface area (Å²) in [6.07, 6.45) is -0.749. The molecule has 0 unspecified atom stereocenters. The second-order valence-corrected chi connectivity index (χ2v) is 22.5. The van der Waals surface area contributed by atoms with Crippen molar-refractivity contribution >= 4 is 80.0 Å². The Bertz CT molecular complexity index is 3500. The number of ether oxygens (including phenoxy) is 4. The average molecular weight is 1190 g/mol. The minimum atomic E-state index is -0.922. The molecule has 7 aromatic rings. The number of aromatic nitrogens is 4. The quantitative estimate of drug-likeness (QED) is 0.0419. The van der Waals surface area contributed by atoms with Crippen LogP contribution < -0.4 is 25.0 Å². The molecule has 0 bridgehead atoms. The molecular weight excluding hydrogens is 1120 g/mol. The summed E-state index contributed by atoms with van der Waals surface area (Å²) < 4.78 is 45.6. The first kappa shape index (κ1) is 60.9. The molecular formula is C60H70ClFN10O11S. The number of halogens is 2. The van der Waals surface area contributed by atoms with Crippen LogP contribution in [-0.2, 0) is 28.7 Å². The number of rotatable bonds is 24. The van der Waals surface area contributed by atoms with E-state index >= 15 is 4.39 Å². The predicted octanol–water partition coefficient (Wildman–Crippen LogP) is 8.00. The molecule has 3 aromatic heterocycles. The number of likely N-dealkylation sites (tertiary alicyclic amines) is 1. The number of β-amino-alcohol motifs (C(OH)–C–C–N with tert-alkyl or cyclic N) is 1. The maximum absolute atomic E-state index is 17.0. The van der Waals surface area contributed by atoms with E-state index in [1.54, 1.807) is 47.7 Å². The lowest BCUT2D eigenvalue weighted by molar-refractivity contribution is -0.141. The highest BCUT2D eigenvalue weighted by atomic mass is 35.5. The van der Waals surface area contributed by atoms with Gasteiger partial charge < -0.3 is 63.9 Å². The van der Waals surface area contributed by atoms with Crippen molar-refractivity contribution in [2.75, 3.05) is 103 Å². The number of thiazole rings is 1. The van der Waals surface area contributed by atoms with Crippen LogP contribution in [0.3, 0.4) is 0 Å². The first-order valence-electron chi connectivity index (χ1n) is 27.9. The number of hydrogen-bond donors (Lipinski definition) is 4. The third kappa shape index (κ3) is 13.9. The lowest BCUT2D eigenvalue weighted by atomic mass is 9.91. The van der Waals surface area contributed by atoms with E-state index in [0.29, 0.717) is 66.0 Å². The molecule has 4 amide bonds. The number of aromatic hydroxyl groups is 1. The molecule has 9 rings (SSSR count). The number of phenolic OH excluding ortho intramolecular Hbond substituents is 1. The number of anilines is 2. The van der Waals surface area contributed by atoms with Crippen molar-refractivity contribution in [2.24, 2.45) is 5.92 Å². The number of phenols is 1. The number of nitrogens with one attached hydrogen (secondary N) is 2. The van der Waals surface area contributed by atoms with Gasteiger partial charge >= 0.3 is 0 Å². The molecule has 2 aliphatic heterocycles. The highest BCUT2D eigenvalue weighted by Crippen LogP contribution is 2.43. The lowest BCUT2D eigenvalue weighted by Crippen LogP contribution is -2.48. The Morgan fingerprint density at radius 2 is 1.70 bits per heavy atom. The van der Waals surface area contributed by atoms with Crippen LogP contribution in [0, 0.1) is 18.7 Å². The van der Waals surface area contributed by atoms with Crippen LogP contribution in [0.2, 0.25) is 5.02 Å². The molecule has 446 valence electrons. The minimum Gasteiger partial charge on any atom is -0.508 e. The molecule has 4 N–H and O–H groups in total. The third-order valence-electron chi connectivity index (χ3n) is 15.1. The second-order valence-electron chi connectivity index (χ2n) is 21.2. The summed E-state index contributed by atoms with van der Waals surface area (Å²) >= 11 is 8.42. The molecule has 0 saturated carbocycles. The van der Waals surface area contributed by atoms with Gasteiger partial charge in [0.25, 0.3) is 5.88 Å². The number of amides is 4. The maximum Gasteiger partial charge on any atom is 0.254 e. The standard InChI is InChI=1S/C60H70ClFN10O11S/c1-34(2)52(59(78)72-32-41(75)29-47(72)58(77)65-35(3)42-13-12-39(27-48(42)79-7)56-36(4)64-33-84-56)49-31-50(68-83-49)82-25-24-81-23-22-80-21-20-69(6)51(76)14-15-63-60-66-55-45(57(67-60)71-18-16-70(17-19-71)37(5)73)30-46(61)53(54(55)62)44-28-40(74)26-38-10-8-9-11-43(38)44/h8-13,26-28,30-31,33-35,41,47,52,74-75H,14-25,29,32H2,1-7H3,(H,65,77)(H,63,66,67)/t35-,41+,47-,52+/m0/s1. The lowest BCUT2D eigenvalue weighted by Gasteiger charge is -2.35. The van der Waals surface area contributed by atoms with Crippen molar-refractivity contribution in [3.8, 4) is 38.9 Å². The Hall–Kier alpha value is -7.70. The summed E-state index contributed by atoms with van der Waals surface area (Å²) in [6.45, 7) is 12.3. The van der Waals surface area contributed by atoms with E-state index in [2.05, 4.69) is 25.8 Å². The Labute approximate surface area is 495 Å². The number of benzene rings is 4. The van der Waals surface area contributed by atoms with Crippen LogP contribution in [0.25, 0.3) is 43.2 Å². The van der Waals surface area contributed by atoms with Crippen LogP contribution in [-0.4, -0.2) is 174 Å². The van der Waals surface area contributed by atoms with E-state index < -0.39 is 35.8 Å². The summed E-state index contributed by atoms with van der Waals surface area (Å²) in [6, 6.07) is 18.0. The number of methoxy groups -OCH3 is 1. The fourth-order valence-corrected chi connectivity index (χ4v) is 11.8. The SMILES string of the molecule is COc1cc(-c2scnc2C)ccc1[C@H](C)NC(=O)[C@@H]1C[C@@H](O)CN1C(=O)[C@@H](c1cc(OCCOCCOCCN(C)C(=O)CCNc2nc(N3CCN(C(C)=O)CC3)c3cc(Cl)c(-c4cc(O)cc5ccccc45)c(F)c3n2)no1)C(C)C. The van der Waals surface area contributed by atoms with Gasteiger partial charge in [-0.15, -0.1) is 11.3 Å². The number of piperazine rings is 1. The zero-order chi connectivity index (χ0) is 59.8. The Morgan fingerprint density at radius 3 is 2.43 bits per heavy atom. The van der Waals surface area contributed by atoms with Crippen molar-refractivity contribution in [3.05, 3.63) is 100 Å². The smallest absolute Gasteiger partial charge is 0.254 e. The summed E-state index contributed by atoms with van der Waals surface area (Å²) in [7, 11) is 3.25. The molecule has 2 aliphatic rings. The van der Waals surface area contributed by atoms with Crippen molar-refractivity contribution < 1.29 is 57.3 Å². The van der Waals surface area contributed by atoms with Gasteiger partial charge in [-0.25, -0.2) is 14.4 Å². The number of fused-ring (bicyclic) bond motifs is 2. The molecule has 4 atom stereocenters. The zero-order valence-corrected chi connectivity index (χ0v) is 49.6. The number of aliphatic hydroxyl groups is 1. The van der Waals surface area contributed by atoms with Gasteiger partial charge in [-0.2, -0.15) is 4.98 Å². The number of carbonyl (C=O) groups excluding carboxylic acids is 4. The first-order valence-corrected chi connectivity index (χ1v) is 29.2. The van der Waals surface area contributed by atoms with Gasteiger partial charge in [0.15, 0.2) is 11.6 Å². The predicted molar refractivity (Wildman–Crippen MR) is 317 cm³/mol. The van der Waals surface area contributed by atoms with Crippen LogP contribution >= 0.6 is 22.9 Å². The maximum atomic E-state index is 17.0. The highest BCUT2D eigenvalue weighted by Gasteiger charge is 2.44. The number of aryl methyl sites for hydroxylation is 1. The second kappa shape index (κ2) is 27.3. The van der Waals surface area contributed by atoms with Gasteiger partial charge in [0.1, 0.15) is 41.4 Å². The molecule has 0 aliphatic carbocycles. The van der Waals surface area contributed by atoms with Gasteiger partial charge in [-0.05, 0) is 71.1 Å². The number of likely N-dealkylation sites (N-methyl/N-ethyl adjacent to an activating group) is 1. The molecule has 4 aromatic carbocycles. The van der Waals surface area contributed by atoms with E-state index in [1.807, 2.05) is 75.1 Å². The monoisotopic (exact) mass is 1190 g/mol. The van der Waals surface area contributed by atoms with Crippen LogP contribution in [0.1, 0.15) is 69.5 Å². The van der Waals surface area contributed by atoms with Crippen LogP contribution in [0.15, 0.2) is 76.8 Å². The Balaban J connectivity index is 0.715. The Kier molecular flexibility index (Phi) is 19.8. The zero-order valence-electron chi connectivity index (χ0n) is 48.0. The molecule has 24 heteroatoms. The van der Waals surface area contributed by atoms with Gasteiger partial charge in [-0.1, -0.05) is 61.8 Å². The number of hydrogen-bond acceptors (Lipinski definition) is 18. The molecule has 5 heterocycles. The number of nitrogens with zero attached hydrogens (tertiary/aromatic N) is 8. The van der Waals surface area contributed by atoms with Crippen molar-refractivity contribution in [3.63, 3.8) is 0 Å². The van der Waals surface area contributed by atoms with Crippen molar-refractivity contribution in [1.29, 1.82) is 0 Å². The van der Waals surface area contributed by atoms with Gasteiger partial charge in [0.2, 0.25) is 29.6 Å². The number of aliphatic hydroxyl groups excluding tert-OH is 1. The van der Waals surface area contributed by atoms with Gasteiger partial charge in [0.05, 0.1) is 66.8 Å². The topological polar surface area (TPSA) is 247 Å².